The molecule has 2 rings (SSSR count). The van der Waals surface area contributed by atoms with E-state index in [9.17, 15) is 4.79 Å². The van der Waals surface area contributed by atoms with Crippen LogP contribution in [0.4, 0.5) is 0 Å². The number of hydrogen-bond acceptors (Lipinski definition) is 4. The van der Waals surface area contributed by atoms with Gasteiger partial charge >= 0.3 is 0 Å². The number of hydrogen-bond donors (Lipinski definition) is 0. The maximum absolute atomic E-state index is 12.3. The van der Waals surface area contributed by atoms with Crippen LogP contribution in [0.3, 0.4) is 0 Å². The highest BCUT2D eigenvalue weighted by Crippen LogP contribution is 2.25. The largest absolute Gasteiger partial charge is 0.497 e. The molecule has 1 atom stereocenters. The Morgan fingerprint density at radius 3 is 2.33 bits per heavy atom. The lowest BCUT2D eigenvalue weighted by molar-refractivity contribution is 0.0186. The first-order valence-corrected chi connectivity index (χ1v) is 6.13. The van der Waals surface area contributed by atoms with Crippen molar-refractivity contribution in [2.75, 3.05) is 20.8 Å². The van der Waals surface area contributed by atoms with Gasteiger partial charge in [0, 0.05) is 18.2 Å². The van der Waals surface area contributed by atoms with E-state index in [0.717, 1.165) is 19.3 Å². The summed E-state index contributed by atoms with van der Waals surface area (Å²) < 4.78 is 15.8. The van der Waals surface area contributed by atoms with Gasteiger partial charge in [-0.05, 0) is 31.4 Å². The number of carbonyl (C=O) groups is 1. The lowest BCUT2D eigenvalue weighted by Gasteiger charge is -2.21. The molecule has 0 aromatic heterocycles. The van der Waals surface area contributed by atoms with Crippen LogP contribution in [0, 0.1) is 0 Å². The standard InChI is InChI=1S/C14H18O4/c1-16-11-7-10(8-12(9-11)17-2)14(15)13-5-3-4-6-18-13/h7-9,13H,3-6H2,1-2H3. The van der Waals surface area contributed by atoms with E-state index in [1.165, 1.54) is 0 Å². The van der Waals surface area contributed by atoms with E-state index in [4.69, 9.17) is 14.2 Å². The van der Waals surface area contributed by atoms with Crippen LogP contribution in [0.5, 0.6) is 11.5 Å². The second kappa shape index (κ2) is 5.87. The van der Waals surface area contributed by atoms with Crippen molar-refractivity contribution in [3.63, 3.8) is 0 Å². The fraction of sp³-hybridized carbons (Fsp3) is 0.500. The summed E-state index contributed by atoms with van der Waals surface area (Å²) in [6.45, 7) is 0.664. The highest BCUT2D eigenvalue weighted by Gasteiger charge is 2.24. The van der Waals surface area contributed by atoms with Crippen LogP contribution >= 0.6 is 0 Å². The molecular formula is C14H18O4. The molecule has 1 heterocycles. The minimum absolute atomic E-state index is 0.00639. The van der Waals surface area contributed by atoms with E-state index in [-0.39, 0.29) is 11.9 Å². The third-order valence-electron chi connectivity index (χ3n) is 3.11. The van der Waals surface area contributed by atoms with Crippen molar-refractivity contribution in [3.8, 4) is 11.5 Å². The van der Waals surface area contributed by atoms with Crippen LogP contribution in [0.1, 0.15) is 29.6 Å². The van der Waals surface area contributed by atoms with E-state index in [1.807, 2.05) is 0 Å². The molecule has 4 nitrogen and oxygen atoms in total. The van der Waals surface area contributed by atoms with Crippen molar-refractivity contribution in [2.45, 2.75) is 25.4 Å². The summed E-state index contributed by atoms with van der Waals surface area (Å²) in [6.07, 6.45) is 2.54. The molecule has 1 aliphatic heterocycles. The predicted octanol–water partition coefficient (Wildman–Crippen LogP) is 2.46. The van der Waals surface area contributed by atoms with Gasteiger partial charge in [0.1, 0.15) is 17.6 Å². The van der Waals surface area contributed by atoms with Gasteiger partial charge in [0.05, 0.1) is 14.2 Å². The Hall–Kier alpha value is -1.55. The molecule has 1 fully saturated rings. The second-order valence-corrected chi connectivity index (χ2v) is 4.32. The molecule has 0 radical (unpaired) electrons. The molecule has 1 aromatic rings. The average molecular weight is 250 g/mol. The molecule has 18 heavy (non-hydrogen) atoms. The van der Waals surface area contributed by atoms with E-state index >= 15 is 0 Å². The summed E-state index contributed by atoms with van der Waals surface area (Å²) >= 11 is 0. The van der Waals surface area contributed by atoms with Crippen LogP contribution in [0.15, 0.2) is 18.2 Å². The normalized spacial score (nSPS) is 19.3. The number of Topliss-reactive ketones (excluding diaryl/α,β-unsaturated/α-hetero) is 1. The zero-order chi connectivity index (χ0) is 13.0. The van der Waals surface area contributed by atoms with Crippen LogP contribution in [-0.2, 0) is 4.74 Å². The molecule has 1 aromatic carbocycles. The molecule has 0 saturated carbocycles. The summed E-state index contributed by atoms with van der Waals surface area (Å²) in [5, 5.41) is 0. The third-order valence-corrected chi connectivity index (χ3v) is 3.11. The Morgan fingerprint density at radius 2 is 1.83 bits per heavy atom. The Bertz CT molecular complexity index is 400. The molecule has 0 aliphatic carbocycles. The predicted molar refractivity (Wildman–Crippen MR) is 67.5 cm³/mol. The highest BCUT2D eigenvalue weighted by atomic mass is 16.5. The van der Waals surface area contributed by atoms with Crippen molar-refractivity contribution in [1.29, 1.82) is 0 Å². The Balaban J connectivity index is 2.22. The summed E-state index contributed by atoms with van der Waals surface area (Å²) in [7, 11) is 3.14. The van der Waals surface area contributed by atoms with E-state index in [1.54, 1.807) is 32.4 Å². The smallest absolute Gasteiger partial charge is 0.191 e. The first-order valence-electron chi connectivity index (χ1n) is 6.13. The monoisotopic (exact) mass is 250 g/mol. The molecule has 1 saturated heterocycles. The van der Waals surface area contributed by atoms with E-state index in [0.29, 0.717) is 23.7 Å². The fourth-order valence-corrected chi connectivity index (χ4v) is 2.08. The van der Waals surface area contributed by atoms with Crippen molar-refractivity contribution in [3.05, 3.63) is 23.8 Å². The van der Waals surface area contributed by atoms with Crippen molar-refractivity contribution in [2.24, 2.45) is 0 Å². The molecule has 98 valence electrons. The summed E-state index contributed by atoms with van der Waals surface area (Å²) in [4.78, 5) is 12.3. The minimum atomic E-state index is -0.324. The first-order chi connectivity index (χ1) is 8.74. The Labute approximate surface area is 107 Å². The Morgan fingerprint density at radius 1 is 1.17 bits per heavy atom. The number of rotatable bonds is 4. The van der Waals surface area contributed by atoms with Crippen molar-refractivity contribution < 1.29 is 19.0 Å². The SMILES string of the molecule is COc1cc(OC)cc(C(=O)C2CCCCO2)c1. The van der Waals surface area contributed by atoms with Gasteiger partial charge in [-0.15, -0.1) is 0 Å². The average Bonchev–Trinajstić information content (AvgIpc) is 2.46. The van der Waals surface area contributed by atoms with Gasteiger partial charge in [-0.3, -0.25) is 4.79 Å². The zero-order valence-corrected chi connectivity index (χ0v) is 10.8. The first kappa shape index (κ1) is 12.9. The number of ketones is 1. The Kier molecular flexibility index (Phi) is 4.20. The van der Waals surface area contributed by atoms with Crippen molar-refractivity contribution >= 4 is 5.78 Å². The summed E-state index contributed by atoms with van der Waals surface area (Å²) in [5.41, 5.74) is 0.582. The fourth-order valence-electron chi connectivity index (χ4n) is 2.08. The van der Waals surface area contributed by atoms with Gasteiger partial charge in [0.2, 0.25) is 0 Å². The second-order valence-electron chi connectivity index (χ2n) is 4.32. The number of carbonyl (C=O) groups excluding carboxylic acids is 1. The van der Waals surface area contributed by atoms with Crippen LogP contribution in [-0.4, -0.2) is 32.7 Å². The molecule has 0 amide bonds. The zero-order valence-electron chi connectivity index (χ0n) is 10.8. The minimum Gasteiger partial charge on any atom is -0.497 e. The number of methoxy groups -OCH3 is 2. The lowest BCUT2D eigenvalue weighted by atomic mass is 9.99. The quantitative estimate of drug-likeness (QED) is 0.770. The molecular weight excluding hydrogens is 232 g/mol. The van der Waals surface area contributed by atoms with E-state index in [2.05, 4.69) is 0 Å². The van der Waals surface area contributed by atoms with Gasteiger partial charge in [-0.2, -0.15) is 0 Å². The highest BCUT2D eigenvalue weighted by molar-refractivity contribution is 6.00. The number of ether oxygens (including phenoxy) is 3. The summed E-state index contributed by atoms with van der Waals surface area (Å²) in [5.74, 6) is 1.24. The maximum Gasteiger partial charge on any atom is 0.191 e. The summed E-state index contributed by atoms with van der Waals surface area (Å²) in [6, 6.07) is 5.20. The molecule has 0 bridgehead atoms. The third kappa shape index (κ3) is 2.82. The lowest BCUT2D eigenvalue weighted by Crippen LogP contribution is -2.28. The molecule has 0 spiro atoms. The maximum atomic E-state index is 12.3. The molecule has 1 unspecified atom stereocenters. The van der Waals surface area contributed by atoms with Crippen LogP contribution < -0.4 is 9.47 Å². The number of benzene rings is 1. The molecule has 1 aliphatic rings. The van der Waals surface area contributed by atoms with Gasteiger partial charge in [-0.1, -0.05) is 0 Å². The van der Waals surface area contributed by atoms with Crippen LogP contribution in [0.2, 0.25) is 0 Å². The van der Waals surface area contributed by atoms with E-state index < -0.39 is 0 Å². The van der Waals surface area contributed by atoms with Crippen LogP contribution in [0.25, 0.3) is 0 Å². The van der Waals surface area contributed by atoms with Gasteiger partial charge in [0.15, 0.2) is 5.78 Å². The van der Waals surface area contributed by atoms with Gasteiger partial charge in [0.25, 0.3) is 0 Å². The van der Waals surface area contributed by atoms with Gasteiger partial charge < -0.3 is 14.2 Å². The van der Waals surface area contributed by atoms with Gasteiger partial charge in [-0.25, -0.2) is 0 Å². The van der Waals surface area contributed by atoms with Crippen molar-refractivity contribution in [1.82, 2.24) is 0 Å². The molecule has 4 heteroatoms. The molecule has 0 N–H and O–H groups in total. The topological polar surface area (TPSA) is 44.8 Å².